The number of nitrogens with zero attached hydrogens (tertiary/aromatic N) is 3. The molecule has 3 aromatic rings. The number of rotatable bonds is 6. The van der Waals surface area contributed by atoms with Crippen molar-refractivity contribution in [3.63, 3.8) is 0 Å². The minimum atomic E-state index is -1.27. The molecule has 3 amide bonds. The maximum absolute atomic E-state index is 12.9. The monoisotopic (exact) mass is 434 g/mol. The van der Waals surface area contributed by atoms with E-state index >= 15 is 0 Å². The van der Waals surface area contributed by atoms with Crippen molar-refractivity contribution in [2.45, 2.75) is 12.5 Å². The van der Waals surface area contributed by atoms with E-state index in [0.717, 1.165) is 5.01 Å². The third kappa shape index (κ3) is 3.69. The number of ether oxygens (including phenoxy) is 1. The molecule has 2 aromatic carbocycles. The molecule has 0 aliphatic carbocycles. The number of hydrogen-bond donors (Lipinski definition) is 1. The predicted octanol–water partition coefficient (Wildman–Crippen LogP) is 3.66. The minimum absolute atomic E-state index is 0.0273. The predicted molar refractivity (Wildman–Crippen MR) is 114 cm³/mol. The molecule has 10 nitrogen and oxygen atoms in total. The Balaban J connectivity index is 1.51. The zero-order chi connectivity index (χ0) is 22.9. The summed E-state index contributed by atoms with van der Waals surface area (Å²) in [4.78, 5) is 35.6. The fourth-order valence-corrected chi connectivity index (χ4v) is 3.29. The van der Waals surface area contributed by atoms with Crippen LogP contribution < -0.4 is 10.1 Å². The molecule has 1 aliphatic rings. The number of methoxy groups -OCH3 is 1. The van der Waals surface area contributed by atoms with Crippen LogP contribution in [0.3, 0.4) is 0 Å². The maximum Gasteiger partial charge on any atom is 0.346 e. The van der Waals surface area contributed by atoms with Crippen molar-refractivity contribution in [2.24, 2.45) is 5.10 Å². The van der Waals surface area contributed by atoms with Gasteiger partial charge in [0.05, 0.1) is 18.2 Å². The number of amides is 3. The Kier molecular flexibility index (Phi) is 5.19. The number of non-ortho nitro benzene ring substituents is 1. The second kappa shape index (κ2) is 7.99. The van der Waals surface area contributed by atoms with Crippen molar-refractivity contribution in [1.29, 1.82) is 0 Å². The fourth-order valence-electron chi connectivity index (χ4n) is 3.29. The molecule has 4 rings (SSSR count). The average Bonchev–Trinajstić information content (AvgIpc) is 3.35. The van der Waals surface area contributed by atoms with Crippen LogP contribution in [0.25, 0.3) is 11.3 Å². The molecule has 0 radical (unpaired) electrons. The van der Waals surface area contributed by atoms with Crippen LogP contribution in [0.4, 0.5) is 10.5 Å². The highest BCUT2D eigenvalue weighted by Gasteiger charge is 2.49. The zero-order valence-electron chi connectivity index (χ0n) is 17.1. The first-order chi connectivity index (χ1) is 15.3. The number of imide groups is 1. The van der Waals surface area contributed by atoms with Crippen molar-refractivity contribution in [2.75, 3.05) is 7.11 Å². The highest BCUT2D eigenvalue weighted by atomic mass is 16.6. The summed E-state index contributed by atoms with van der Waals surface area (Å²) in [5, 5.41) is 18.2. The Labute approximate surface area is 182 Å². The molecule has 0 unspecified atom stereocenters. The molecule has 0 bridgehead atoms. The lowest BCUT2D eigenvalue weighted by atomic mass is 9.92. The van der Waals surface area contributed by atoms with Crippen LogP contribution >= 0.6 is 0 Å². The van der Waals surface area contributed by atoms with Crippen molar-refractivity contribution in [3.8, 4) is 17.1 Å². The van der Waals surface area contributed by atoms with Gasteiger partial charge in [-0.05, 0) is 48.9 Å². The van der Waals surface area contributed by atoms with E-state index in [-0.39, 0.29) is 5.69 Å². The zero-order valence-corrected chi connectivity index (χ0v) is 17.1. The van der Waals surface area contributed by atoms with Crippen LogP contribution in [0.5, 0.6) is 5.75 Å². The molecule has 1 aromatic heterocycles. The number of carbonyl (C=O) groups is 2. The van der Waals surface area contributed by atoms with Crippen LogP contribution in [0, 0.1) is 10.1 Å². The molecule has 32 heavy (non-hydrogen) atoms. The Bertz CT molecular complexity index is 1220. The average molecular weight is 434 g/mol. The fraction of sp³-hybridized carbons (Fsp3) is 0.136. The SMILES string of the molecule is COc1ccc([C@]2(C)NC(=O)N(/N=C\c3ccc(-c4ccc([N+](=O)[O-])cc4)o3)C2=O)cc1. The lowest BCUT2D eigenvalue weighted by Crippen LogP contribution is -2.40. The molecule has 1 aliphatic heterocycles. The number of urea groups is 1. The number of hydrazone groups is 1. The van der Waals surface area contributed by atoms with Crippen LogP contribution in [0.1, 0.15) is 18.2 Å². The first-order valence-corrected chi connectivity index (χ1v) is 9.52. The van der Waals surface area contributed by atoms with Gasteiger partial charge in [0.2, 0.25) is 0 Å². The Morgan fingerprint density at radius 3 is 2.41 bits per heavy atom. The number of furan rings is 1. The van der Waals surface area contributed by atoms with Crippen LogP contribution in [0.2, 0.25) is 0 Å². The number of nitro benzene ring substituents is 1. The highest BCUT2D eigenvalue weighted by Crippen LogP contribution is 2.30. The van der Waals surface area contributed by atoms with E-state index in [1.165, 1.54) is 25.5 Å². The van der Waals surface area contributed by atoms with Gasteiger partial charge in [-0.3, -0.25) is 14.9 Å². The van der Waals surface area contributed by atoms with Gasteiger partial charge in [0.1, 0.15) is 22.8 Å². The first kappa shape index (κ1) is 20.8. The lowest BCUT2D eigenvalue weighted by molar-refractivity contribution is -0.384. The van der Waals surface area contributed by atoms with Crippen LogP contribution in [-0.2, 0) is 10.3 Å². The molecule has 0 spiro atoms. The van der Waals surface area contributed by atoms with E-state index in [0.29, 0.717) is 28.4 Å². The minimum Gasteiger partial charge on any atom is -0.497 e. The molecule has 2 heterocycles. The van der Waals surface area contributed by atoms with Crippen molar-refractivity contribution < 1.29 is 23.7 Å². The first-order valence-electron chi connectivity index (χ1n) is 9.52. The smallest absolute Gasteiger partial charge is 0.346 e. The van der Waals surface area contributed by atoms with E-state index < -0.39 is 22.4 Å². The summed E-state index contributed by atoms with van der Waals surface area (Å²) in [6.45, 7) is 1.60. The number of benzene rings is 2. The van der Waals surface area contributed by atoms with E-state index in [4.69, 9.17) is 9.15 Å². The normalized spacial score (nSPS) is 18.2. The van der Waals surface area contributed by atoms with Crippen LogP contribution in [0.15, 0.2) is 70.2 Å². The molecule has 1 N–H and O–H groups in total. The van der Waals surface area contributed by atoms with Crippen LogP contribution in [-0.4, -0.2) is 35.2 Å². The summed E-state index contributed by atoms with van der Waals surface area (Å²) < 4.78 is 10.8. The standard InChI is InChI=1S/C22H18N4O6/c1-22(15-5-9-17(31-2)10-6-15)20(27)25(21(28)24-22)23-13-18-11-12-19(32-18)14-3-7-16(8-4-14)26(29)30/h3-13H,1-2H3,(H,24,28)/b23-13-/t22-/m0/s1. The summed E-state index contributed by atoms with van der Waals surface area (Å²) >= 11 is 0. The highest BCUT2D eigenvalue weighted by molar-refractivity contribution is 6.07. The van der Waals surface area contributed by atoms with Crippen molar-refractivity contribution in [1.82, 2.24) is 10.3 Å². The molecular weight excluding hydrogens is 416 g/mol. The summed E-state index contributed by atoms with van der Waals surface area (Å²) in [7, 11) is 1.54. The van der Waals surface area contributed by atoms with Gasteiger partial charge in [-0.2, -0.15) is 5.10 Å². The molecular formula is C22H18N4O6. The Morgan fingerprint density at radius 1 is 1.09 bits per heavy atom. The summed E-state index contributed by atoms with van der Waals surface area (Å²) in [5.41, 5.74) is -0.0704. The number of hydrogen-bond acceptors (Lipinski definition) is 7. The van der Waals surface area contributed by atoms with Gasteiger partial charge in [0, 0.05) is 17.7 Å². The van der Waals surface area contributed by atoms with Crippen molar-refractivity contribution >= 4 is 23.8 Å². The molecule has 1 saturated heterocycles. The second-order valence-electron chi connectivity index (χ2n) is 7.15. The third-order valence-electron chi connectivity index (χ3n) is 5.13. The third-order valence-corrected chi connectivity index (χ3v) is 5.13. The van der Waals surface area contributed by atoms with Crippen molar-refractivity contribution in [3.05, 3.63) is 82.1 Å². The second-order valence-corrected chi connectivity index (χ2v) is 7.15. The van der Waals surface area contributed by atoms with E-state index in [1.807, 2.05) is 0 Å². The molecule has 162 valence electrons. The van der Waals surface area contributed by atoms with E-state index in [9.17, 15) is 19.7 Å². The van der Waals surface area contributed by atoms with Gasteiger partial charge in [-0.1, -0.05) is 12.1 Å². The quantitative estimate of drug-likeness (QED) is 0.273. The summed E-state index contributed by atoms with van der Waals surface area (Å²) in [5.74, 6) is 0.857. The van der Waals surface area contributed by atoms with Gasteiger partial charge >= 0.3 is 6.03 Å². The van der Waals surface area contributed by atoms with E-state index in [1.54, 1.807) is 55.5 Å². The Morgan fingerprint density at radius 2 is 1.78 bits per heavy atom. The van der Waals surface area contributed by atoms with Gasteiger partial charge in [0.15, 0.2) is 0 Å². The topological polar surface area (TPSA) is 127 Å². The number of nitrogens with one attached hydrogen (secondary N) is 1. The summed E-state index contributed by atoms with van der Waals surface area (Å²) in [6, 6.07) is 15.3. The summed E-state index contributed by atoms with van der Waals surface area (Å²) in [6.07, 6.45) is 1.26. The molecule has 1 fully saturated rings. The molecule has 1 atom stereocenters. The number of carbonyl (C=O) groups excluding carboxylic acids is 2. The lowest BCUT2D eigenvalue weighted by Gasteiger charge is -2.21. The van der Waals surface area contributed by atoms with Gasteiger partial charge in [0.25, 0.3) is 11.6 Å². The van der Waals surface area contributed by atoms with Gasteiger partial charge < -0.3 is 14.5 Å². The molecule has 0 saturated carbocycles. The number of nitro groups is 1. The largest absolute Gasteiger partial charge is 0.497 e. The van der Waals surface area contributed by atoms with Gasteiger partial charge in [-0.25, -0.2) is 4.79 Å². The Hall–Kier alpha value is -4.47. The maximum atomic E-state index is 12.9. The van der Waals surface area contributed by atoms with E-state index in [2.05, 4.69) is 10.4 Å². The molecule has 10 heteroatoms. The van der Waals surface area contributed by atoms with Gasteiger partial charge in [-0.15, -0.1) is 5.01 Å².